The summed E-state index contributed by atoms with van der Waals surface area (Å²) in [4.78, 5) is 15.5. The van der Waals surface area contributed by atoms with Gasteiger partial charge >= 0.3 is 0 Å². The summed E-state index contributed by atoms with van der Waals surface area (Å²) in [5.41, 5.74) is 5.06. The molecule has 0 spiro atoms. The molecule has 22 heavy (non-hydrogen) atoms. The third-order valence-corrected chi connectivity index (χ3v) is 5.61. The number of para-hydroxylation sites is 1. The van der Waals surface area contributed by atoms with E-state index in [-0.39, 0.29) is 17.2 Å². The first-order chi connectivity index (χ1) is 10.7. The van der Waals surface area contributed by atoms with E-state index < -0.39 is 0 Å². The van der Waals surface area contributed by atoms with Gasteiger partial charge in [0.25, 0.3) is 0 Å². The van der Waals surface area contributed by atoms with Crippen molar-refractivity contribution in [2.24, 2.45) is 22.4 Å². The normalized spacial score (nSPS) is 30.4. The van der Waals surface area contributed by atoms with Crippen LogP contribution in [0.4, 0.5) is 0 Å². The maximum atomic E-state index is 12.3. The van der Waals surface area contributed by atoms with Crippen LogP contribution >= 0.6 is 0 Å². The molecule has 114 valence electrons. The molecule has 1 aromatic heterocycles. The number of rotatable bonds is 3. The Balaban J connectivity index is 1.43. The van der Waals surface area contributed by atoms with Crippen molar-refractivity contribution >= 4 is 23.0 Å². The van der Waals surface area contributed by atoms with Gasteiger partial charge in [-0.05, 0) is 30.2 Å². The van der Waals surface area contributed by atoms with Crippen molar-refractivity contribution in [3.05, 3.63) is 36.0 Å². The number of amides is 1. The Labute approximate surface area is 130 Å². The van der Waals surface area contributed by atoms with Gasteiger partial charge in [0.1, 0.15) is 0 Å². The minimum absolute atomic E-state index is 0.0884. The molecule has 4 heteroatoms. The summed E-state index contributed by atoms with van der Waals surface area (Å²) in [7, 11) is 0. The number of carbonyl (C=O) groups excluding carboxylic acids is 1. The number of aromatic nitrogens is 1. The van der Waals surface area contributed by atoms with Gasteiger partial charge in [0.2, 0.25) is 5.91 Å². The topological polar surface area (TPSA) is 57.2 Å². The number of fused-ring (bicyclic) bond motifs is 2. The van der Waals surface area contributed by atoms with Crippen LogP contribution in [0.2, 0.25) is 0 Å². The summed E-state index contributed by atoms with van der Waals surface area (Å²) in [6.45, 7) is 2.25. The molecule has 2 saturated carbocycles. The molecule has 1 amide bonds. The highest BCUT2D eigenvalue weighted by atomic mass is 16.2. The molecular formula is C18H21N3O. The van der Waals surface area contributed by atoms with Crippen LogP contribution in [0.3, 0.4) is 0 Å². The molecule has 0 saturated heterocycles. The second-order valence-electron chi connectivity index (χ2n) is 6.86. The molecule has 2 aliphatic carbocycles. The van der Waals surface area contributed by atoms with Crippen LogP contribution in [-0.2, 0) is 4.79 Å². The van der Waals surface area contributed by atoms with Crippen LogP contribution in [0.5, 0.6) is 0 Å². The largest absolute Gasteiger partial charge is 0.361 e. The summed E-state index contributed by atoms with van der Waals surface area (Å²) >= 11 is 0. The number of hydrazone groups is 1. The first kappa shape index (κ1) is 13.6. The highest BCUT2D eigenvalue weighted by Crippen LogP contribution is 2.66. The molecule has 1 heterocycles. The predicted octanol–water partition coefficient (Wildman–Crippen LogP) is 3.44. The van der Waals surface area contributed by atoms with Crippen LogP contribution in [-0.4, -0.2) is 17.1 Å². The van der Waals surface area contributed by atoms with Crippen molar-refractivity contribution < 1.29 is 4.79 Å². The van der Waals surface area contributed by atoms with Gasteiger partial charge in [-0.2, -0.15) is 5.10 Å². The summed E-state index contributed by atoms with van der Waals surface area (Å²) in [6, 6.07) is 8.07. The second kappa shape index (κ2) is 4.97. The molecule has 4 rings (SSSR count). The number of nitrogens with zero attached hydrogens (tertiary/aromatic N) is 1. The average molecular weight is 295 g/mol. The van der Waals surface area contributed by atoms with E-state index in [1.165, 1.54) is 25.7 Å². The van der Waals surface area contributed by atoms with Crippen molar-refractivity contribution in [2.45, 2.75) is 32.6 Å². The molecule has 2 aliphatic rings. The Morgan fingerprint density at radius 3 is 3.09 bits per heavy atom. The molecule has 0 aliphatic heterocycles. The average Bonchev–Trinajstić information content (AvgIpc) is 2.96. The highest BCUT2D eigenvalue weighted by Gasteiger charge is 2.64. The molecule has 1 aromatic carbocycles. The SMILES string of the molecule is C[C@]12CCCC[C@H]1[C@@H]2C(=O)N/N=C\c1c[nH]c2ccccc12. The first-order valence-corrected chi connectivity index (χ1v) is 8.09. The number of nitrogens with one attached hydrogen (secondary N) is 2. The Bertz CT molecular complexity index is 748. The fourth-order valence-corrected chi connectivity index (χ4v) is 4.29. The molecule has 2 N–H and O–H groups in total. The fourth-order valence-electron chi connectivity index (χ4n) is 4.29. The van der Waals surface area contributed by atoms with Crippen molar-refractivity contribution in [2.75, 3.05) is 0 Å². The quantitative estimate of drug-likeness (QED) is 0.661. The van der Waals surface area contributed by atoms with Gasteiger partial charge in [-0.3, -0.25) is 4.79 Å². The van der Waals surface area contributed by atoms with Crippen LogP contribution in [0.25, 0.3) is 10.9 Å². The second-order valence-corrected chi connectivity index (χ2v) is 6.86. The minimum Gasteiger partial charge on any atom is -0.361 e. The van der Waals surface area contributed by atoms with E-state index in [2.05, 4.69) is 22.4 Å². The van der Waals surface area contributed by atoms with Crippen molar-refractivity contribution in [3.8, 4) is 0 Å². The number of benzene rings is 1. The molecule has 4 nitrogen and oxygen atoms in total. The van der Waals surface area contributed by atoms with E-state index in [9.17, 15) is 4.79 Å². The molecule has 2 aromatic rings. The van der Waals surface area contributed by atoms with Crippen molar-refractivity contribution in [3.63, 3.8) is 0 Å². The monoisotopic (exact) mass is 295 g/mol. The number of H-pyrrole nitrogens is 1. The summed E-state index contributed by atoms with van der Waals surface area (Å²) in [5.74, 6) is 0.824. The van der Waals surface area contributed by atoms with Crippen LogP contribution < -0.4 is 5.43 Å². The number of aromatic amines is 1. The molecule has 0 unspecified atom stereocenters. The summed E-state index contributed by atoms with van der Waals surface area (Å²) in [5, 5.41) is 5.29. The predicted molar refractivity (Wildman–Crippen MR) is 87.6 cm³/mol. The lowest BCUT2D eigenvalue weighted by molar-refractivity contribution is -0.123. The van der Waals surface area contributed by atoms with Gasteiger partial charge in [0, 0.05) is 28.6 Å². The standard InChI is InChI=1S/C18H21N3O/c1-18-9-5-4-7-14(18)16(18)17(22)21-20-11-12-10-19-15-8-3-2-6-13(12)15/h2-3,6,8,10-11,14,16,19H,4-5,7,9H2,1H3,(H,21,22)/b20-11-/t14-,16+,18-/m0/s1. The molecule has 3 atom stereocenters. The maximum absolute atomic E-state index is 12.3. The number of hydrogen-bond donors (Lipinski definition) is 2. The van der Waals surface area contributed by atoms with Gasteiger partial charge in [0.05, 0.1) is 6.21 Å². The molecule has 0 bridgehead atoms. The Morgan fingerprint density at radius 1 is 1.41 bits per heavy atom. The lowest BCUT2D eigenvalue weighted by Gasteiger charge is -2.15. The van der Waals surface area contributed by atoms with Crippen molar-refractivity contribution in [1.82, 2.24) is 10.4 Å². The van der Waals surface area contributed by atoms with Gasteiger partial charge in [-0.1, -0.05) is 38.0 Å². The Kier molecular flexibility index (Phi) is 3.06. The van der Waals surface area contributed by atoms with E-state index in [4.69, 9.17) is 0 Å². The zero-order valence-electron chi connectivity index (χ0n) is 12.8. The Morgan fingerprint density at radius 2 is 2.27 bits per heavy atom. The van der Waals surface area contributed by atoms with Crippen LogP contribution in [0.15, 0.2) is 35.6 Å². The third kappa shape index (κ3) is 2.05. The van der Waals surface area contributed by atoms with Gasteiger partial charge in [-0.15, -0.1) is 0 Å². The lowest BCUT2D eigenvalue weighted by Crippen LogP contribution is -2.22. The minimum atomic E-state index is 0.0884. The summed E-state index contributed by atoms with van der Waals surface area (Å²) in [6.07, 6.45) is 8.55. The fraction of sp³-hybridized carbons (Fsp3) is 0.444. The number of hydrogen-bond acceptors (Lipinski definition) is 2. The van der Waals surface area contributed by atoms with Gasteiger partial charge in [-0.25, -0.2) is 5.43 Å². The van der Waals surface area contributed by atoms with Crippen molar-refractivity contribution in [1.29, 1.82) is 0 Å². The van der Waals surface area contributed by atoms with Gasteiger partial charge in [0.15, 0.2) is 0 Å². The molecule has 0 radical (unpaired) electrons. The number of carbonyl (C=O) groups is 1. The molecule has 2 fully saturated rings. The molecular weight excluding hydrogens is 274 g/mol. The smallest absolute Gasteiger partial charge is 0.244 e. The first-order valence-electron chi connectivity index (χ1n) is 8.09. The Hall–Kier alpha value is -2.10. The van der Waals surface area contributed by atoms with E-state index >= 15 is 0 Å². The zero-order valence-corrected chi connectivity index (χ0v) is 12.8. The van der Waals surface area contributed by atoms with E-state index in [1.807, 2.05) is 30.5 Å². The summed E-state index contributed by atoms with van der Waals surface area (Å²) < 4.78 is 0. The highest BCUT2D eigenvalue weighted by molar-refractivity contribution is 5.99. The maximum Gasteiger partial charge on any atom is 0.244 e. The van der Waals surface area contributed by atoms with Crippen LogP contribution in [0, 0.1) is 17.3 Å². The van der Waals surface area contributed by atoms with E-state index in [1.54, 1.807) is 6.21 Å². The van der Waals surface area contributed by atoms with E-state index in [0.29, 0.717) is 5.92 Å². The lowest BCUT2D eigenvalue weighted by atomic mass is 9.90. The van der Waals surface area contributed by atoms with Gasteiger partial charge < -0.3 is 4.98 Å². The van der Waals surface area contributed by atoms with Crippen LogP contribution in [0.1, 0.15) is 38.2 Å². The van der Waals surface area contributed by atoms with E-state index in [0.717, 1.165) is 16.5 Å². The third-order valence-electron chi connectivity index (χ3n) is 5.61. The zero-order chi connectivity index (χ0) is 15.2.